The van der Waals surface area contributed by atoms with Crippen LogP contribution in [0.2, 0.25) is 5.02 Å². The van der Waals surface area contributed by atoms with Crippen LogP contribution in [0.4, 0.5) is 0 Å². The lowest BCUT2D eigenvalue weighted by Gasteiger charge is -2.18. The van der Waals surface area contributed by atoms with Gasteiger partial charge in [-0.15, -0.1) is 0 Å². The Morgan fingerprint density at radius 3 is 2.66 bits per heavy atom. The van der Waals surface area contributed by atoms with Crippen LogP contribution in [0.15, 0.2) is 71.3 Å². The van der Waals surface area contributed by atoms with Crippen molar-refractivity contribution in [1.29, 1.82) is 0 Å². The number of H-pyrrole nitrogens is 1. The number of aromatic amines is 1. The summed E-state index contributed by atoms with van der Waals surface area (Å²) >= 11 is 6.19. The maximum absolute atomic E-state index is 14.0. The van der Waals surface area contributed by atoms with Crippen LogP contribution in [0, 0.1) is 0 Å². The van der Waals surface area contributed by atoms with Gasteiger partial charge in [0, 0.05) is 28.3 Å². The second-order valence-corrected chi connectivity index (χ2v) is 9.24. The molecule has 1 amide bonds. The number of fused-ring (bicyclic) bond motifs is 1. The number of rotatable bonds is 6. The van der Waals surface area contributed by atoms with E-state index < -0.39 is 13.3 Å². The number of carbonyl (C=O) groups is 1. The molecule has 6 nitrogen and oxygen atoms in total. The molecular weight excluding hydrogens is 411 g/mol. The van der Waals surface area contributed by atoms with E-state index in [1.807, 2.05) is 6.07 Å². The van der Waals surface area contributed by atoms with Crippen molar-refractivity contribution in [3.05, 3.63) is 83.4 Å². The number of furan rings is 1. The smallest absolute Gasteiger partial charge is 0.268 e. The Kier molecular flexibility index (Phi) is 5.33. The minimum absolute atomic E-state index is 0.169. The van der Waals surface area contributed by atoms with E-state index in [9.17, 15) is 9.36 Å². The second-order valence-electron chi connectivity index (χ2n) is 6.37. The lowest BCUT2D eigenvalue weighted by Crippen LogP contribution is -2.30. The summed E-state index contributed by atoms with van der Waals surface area (Å²) in [6, 6.07) is 17.5. The zero-order chi connectivity index (χ0) is 20.4. The summed E-state index contributed by atoms with van der Waals surface area (Å²) in [5, 5.41) is 4.62. The summed E-state index contributed by atoms with van der Waals surface area (Å²) < 4.78 is 24.9. The Morgan fingerprint density at radius 2 is 1.97 bits per heavy atom. The molecule has 2 heterocycles. The highest BCUT2D eigenvalue weighted by Gasteiger charge is 2.35. The van der Waals surface area contributed by atoms with Gasteiger partial charge in [-0.1, -0.05) is 29.8 Å². The number of halogens is 1. The van der Waals surface area contributed by atoms with Crippen LogP contribution in [-0.2, 0) is 15.6 Å². The Bertz CT molecular complexity index is 1200. The van der Waals surface area contributed by atoms with Crippen molar-refractivity contribution in [2.75, 3.05) is 7.11 Å². The fourth-order valence-electron chi connectivity index (χ4n) is 3.24. The maximum Gasteiger partial charge on any atom is 0.268 e. The van der Waals surface area contributed by atoms with E-state index in [1.54, 1.807) is 54.6 Å². The molecule has 0 aliphatic rings. The van der Waals surface area contributed by atoms with E-state index in [0.29, 0.717) is 32.3 Å². The van der Waals surface area contributed by atoms with Crippen molar-refractivity contribution in [1.82, 2.24) is 10.3 Å². The molecule has 148 valence electrons. The van der Waals surface area contributed by atoms with Gasteiger partial charge in [0.15, 0.2) is 0 Å². The molecule has 2 N–H and O–H groups in total. The number of hydrogen-bond donors (Lipinski definition) is 2. The molecule has 0 aliphatic carbocycles. The average molecular weight is 429 g/mol. The van der Waals surface area contributed by atoms with E-state index in [2.05, 4.69) is 10.3 Å². The third-order valence-corrected chi connectivity index (χ3v) is 7.39. The highest BCUT2D eigenvalue weighted by atomic mass is 35.5. The molecule has 4 aromatic rings. The quantitative estimate of drug-likeness (QED) is 0.450. The first-order chi connectivity index (χ1) is 14.0. The van der Waals surface area contributed by atoms with Gasteiger partial charge in [0.25, 0.3) is 13.3 Å². The minimum atomic E-state index is -3.57. The van der Waals surface area contributed by atoms with E-state index in [0.717, 1.165) is 0 Å². The molecule has 0 aliphatic heterocycles. The SMILES string of the molecule is COP(=O)(c1ccccc1)c1c(C(=O)NCc2ccco2)[nH]c2ccc(Cl)cc12. The number of benzene rings is 2. The van der Waals surface area contributed by atoms with Crippen molar-refractivity contribution in [3.63, 3.8) is 0 Å². The molecule has 2 aromatic heterocycles. The van der Waals surface area contributed by atoms with Crippen molar-refractivity contribution in [2.45, 2.75) is 6.54 Å². The molecule has 2 aromatic carbocycles. The summed E-state index contributed by atoms with van der Waals surface area (Å²) in [5.41, 5.74) is 0.809. The number of nitrogens with one attached hydrogen (secondary N) is 2. The molecular formula is C21H18ClN2O4P. The Labute approximate surface area is 172 Å². The first kappa shape index (κ1) is 19.5. The molecule has 29 heavy (non-hydrogen) atoms. The lowest BCUT2D eigenvalue weighted by atomic mass is 10.2. The van der Waals surface area contributed by atoms with Gasteiger partial charge >= 0.3 is 0 Å². The molecule has 1 atom stereocenters. The standard InChI is InChI=1S/C21H18ClN2O4P/c1-27-29(26,16-7-3-2-4-8-16)20-17-12-14(22)9-10-18(17)24-19(20)21(25)23-13-15-6-5-11-28-15/h2-12,24H,13H2,1H3,(H,23,25). The largest absolute Gasteiger partial charge is 0.467 e. The normalized spacial score (nSPS) is 13.3. The molecule has 1 unspecified atom stereocenters. The van der Waals surface area contributed by atoms with Gasteiger partial charge in [0.2, 0.25) is 0 Å². The van der Waals surface area contributed by atoms with Crippen LogP contribution in [0.25, 0.3) is 10.9 Å². The van der Waals surface area contributed by atoms with E-state index in [1.165, 1.54) is 13.4 Å². The van der Waals surface area contributed by atoms with E-state index >= 15 is 0 Å². The molecule has 0 saturated carbocycles. The lowest BCUT2D eigenvalue weighted by molar-refractivity contribution is 0.0945. The molecule has 8 heteroatoms. The Balaban J connectivity index is 1.86. The van der Waals surface area contributed by atoms with Gasteiger partial charge < -0.3 is 19.2 Å². The summed E-state index contributed by atoms with van der Waals surface area (Å²) in [6.45, 7) is 0.198. The minimum Gasteiger partial charge on any atom is -0.467 e. The number of aromatic nitrogens is 1. The molecule has 0 spiro atoms. The highest BCUT2D eigenvalue weighted by Crippen LogP contribution is 2.47. The Hall–Kier alpha value is -2.79. The van der Waals surface area contributed by atoms with Crippen molar-refractivity contribution < 1.29 is 18.3 Å². The second kappa shape index (κ2) is 7.91. The molecule has 0 fully saturated rings. The van der Waals surface area contributed by atoms with E-state index in [4.69, 9.17) is 20.5 Å². The molecule has 0 saturated heterocycles. The van der Waals surface area contributed by atoms with Gasteiger partial charge in [-0.25, -0.2) is 0 Å². The summed E-state index contributed by atoms with van der Waals surface area (Å²) in [7, 11) is -2.20. The van der Waals surface area contributed by atoms with Crippen molar-refractivity contribution >= 4 is 46.4 Å². The highest BCUT2D eigenvalue weighted by molar-refractivity contribution is 7.75. The van der Waals surface area contributed by atoms with Crippen LogP contribution >= 0.6 is 19.0 Å². The summed E-state index contributed by atoms with van der Waals surface area (Å²) in [6.07, 6.45) is 1.53. The Morgan fingerprint density at radius 1 is 1.17 bits per heavy atom. The first-order valence-electron chi connectivity index (χ1n) is 8.86. The third kappa shape index (κ3) is 3.62. The third-order valence-electron chi connectivity index (χ3n) is 4.61. The molecule has 4 rings (SSSR count). The van der Waals surface area contributed by atoms with Crippen LogP contribution in [0.5, 0.6) is 0 Å². The van der Waals surface area contributed by atoms with Crippen LogP contribution in [-0.4, -0.2) is 18.0 Å². The van der Waals surface area contributed by atoms with Gasteiger partial charge in [-0.2, -0.15) is 0 Å². The predicted octanol–water partition coefficient (Wildman–Crippen LogP) is 4.22. The van der Waals surface area contributed by atoms with Gasteiger partial charge in [-0.05, 0) is 42.5 Å². The first-order valence-corrected chi connectivity index (χ1v) is 10.9. The van der Waals surface area contributed by atoms with E-state index in [-0.39, 0.29) is 12.2 Å². The number of amides is 1. The van der Waals surface area contributed by atoms with Crippen LogP contribution < -0.4 is 15.9 Å². The van der Waals surface area contributed by atoms with Gasteiger partial charge in [0.1, 0.15) is 11.5 Å². The predicted molar refractivity (Wildman–Crippen MR) is 114 cm³/mol. The molecule has 0 radical (unpaired) electrons. The fraction of sp³-hybridized carbons (Fsp3) is 0.0952. The zero-order valence-electron chi connectivity index (χ0n) is 15.5. The van der Waals surface area contributed by atoms with Crippen LogP contribution in [0.1, 0.15) is 16.2 Å². The molecule has 0 bridgehead atoms. The zero-order valence-corrected chi connectivity index (χ0v) is 17.2. The van der Waals surface area contributed by atoms with Crippen molar-refractivity contribution in [2.24, 2.45) is 0 Å². The summed E-state index contributed by atoms with van der Waals surface area (Å²) in [4.78, 5) is 16.1. The number of hydrogen-bond acceptors (Lipinski definition) is 4. The average Bonchev–Trinajstić information content (AvgIpc) is 3.40. The fourth-order valence-corrected chi connectivity index (χ4v) is 5.58. The van der Waals surface area contributed by atoms with Gasteiger partial charge in [-0.3, -0.25) is 9.36 Å². The van der Waals surface area contributed by atoms with Crippen molar-refractivity contribution in [3.8, 4) is 0 Å². The monoisotopic (exact) mass is 428 g/mol. The maximum atomic E-state index is 14.0. The summed E-state index contributed by atoms with van der Waals surface area (Å²) in [5.74, 6) is 0.189. The topological polar surface area (TPSA) is 84.3 Å². The van der Waals surface area contributed by atoms with Gasteiger partial charge in [0.05, 0.1) is 18.1 Å². The van der Waals surface area contributed by atoms with Crippen LogP contribution in [0.3, 0.4) is 0 Å². The number of carbonyl (C=O) groups excluding carboxylic acids is 1.